The van der Waals surface area contributed by atoms with Gasteiger partial charge in [-0.25, -0.2) is 0 Å². The Kier molecular flexibility index (Phi) is 1.33. The van der Waals surface area contributed by atoms with Crippen molar-refractivity contribution in [1.29, 1.82) is 0 Å². The van der Waals surface area contributed by atoms with Crippen LogP contribution in [0.3, 0.4) is 0 Å². The minimum Gasteiger partial charge on any atom is -0.361 e. The van der Waals surface area contributed by atoms with Crippen molar-refractivity contribution >= 4 is 32.7 Å². The second-order valence-electron chi connectivity index (χ2n) is 4.10. The maximum absolute atomic E-state index is 3.44. The maximum Gasteiger partial charge on any atom is 0.0555 e. The molecular formula is C14H10N2. The molecule has 2 aromatic heterocycles. The highest BCUT2D eigenvalue weighted by Gasteiger charge is 2.07. The van der Waals surface area contributed by atoms with Crippen LogP contribution in [0.25, 0.3) is 32.7 Å². The Labute approximate surface area is 91.9 Å². The number of benzene rings is 2. The Hall–Kier alpha value is -2.22. The summed E-state index contributed by atoms with van der Waals surface area (Å²) in [6.07, 6.45) is 1.99. The molecule has 4 rings (SSSR count). The number of H-pyrrole nitrogens is 2. The minimum atomic E-state index is 1.19. The zero-order chi connectivity index (χ0) is 10.5. The Morgan fingerprint density at radius 2 is 1.75 bits per heavy atom. The average Bonchev–Trinajstić information content (AvgIpc) is 2.91. The molecule has 0 fully saturated rings. The molecule has 2 N–H and O–H groups in total. The molecule has 0 unspecified atom stereocenters. The molecular weight excluding hydrogens is 196 g/mol. The Morgan fingerprint density at radius 3 is 2.75 bits per heavy atom. The van der Waals surface area contributed by atoms with Gasteiger partial charge in [0.15, 0.2) is 0 Å². The van der Waals surface area contributed by atoms with Gasteiger partial charge in [-0.15, -0.1) is 0 Å². The van der Waals surface area contributed by atoms with E-state index in [9.17, 15) is 0 Å². The SMILES string of the molecule is c1ccc2c(c1)[nH]c1ccc3cc[nH]c3c12. The van der Waals surface area contributed by atoms with Crippen LogP contribution in [0.2, 0.25) is 0 Å². The zero-order valence-electron chi connectivity index (χ0n) is 8.62. The Balaban J connectivity index is 2.42. The molecule has 0 saturated carbocycles. The van der Waals surface area contributed by atoms with E-state index < -0.39 is 0 Å². The standard InChI is InChI=1S/C14H10N2/c1-2-4-11-10(3-1)13-12(16-11)6-5-9-7-8-15-14(9)13/h1-8,15-16H. The number of fused-ring (bicyclic) bond motifs is 5. The number of hydrogen-bond acceptors (Lipinski definition) is 0. The van der Waals surface area contributed by atoms with E-state index in [0.717, 1.165) is 0 Å². The first-order valence-electron chi connectivity index (χ1n) is 5.40. The van der Waals surface area contributed by atoms with Crippen LogP contribution < -0.4 is 0 Å². The summed E-state index contributed by atoms with van der Waals surface area (Å²) in [5.41, 5.74) is 3.60. The molecule has 0 aliphatic rings. The summed E-state index contributed by atoms with van der Waals surface area (Å²) in [4.78, 5) is 6.76. The van der Waals surface area contributed by atoms with Gasteiger partial charge in [-0.1, -0.05) is 24.3 Å². The molecule has 2 heterocycles. The second-order valence-corrected chi connectivity index (χ2v) is 4.10. The van der Waals surface area contributed by atoms with Crippen molar-refractivity contribution in [2.45, 2.75) is 0 Å². The zero-order valence-corrected chi connectivity index (χ0v) is 8.62. The van der Waals surface area contributed by atoms with Gasteiger partial charge in [0.25, 0.3) is 0 Å². The van der Waals surface area contributed by atoms with E-state index in [0.29, 0.717) is 0 Å². The fraction of sp³-hybridized carbons (Fsp3) is 0. The topological polar surface area (TPSA) is 31.6 Å². The van der Waals surface area contributed by atoms with Gasteiger partial charge >= 0.3 is 0 Å². The molecule has 0 atom stereocenters. The van der Waals surface area contributed by atoms with Gasteiger partial charge in [-0.2, -0.15) is 0 Å². The highest BCUT2D eigenvalue weighted by Crippen LogP contribution is 2.30. The molecule has 0 spiro atoms. The van der Waals surface area contributed by atoms with E-state index in [-0.39, 0.29) is 0 Å². The number of hydrogen-bond donors (Lipinski definition) is 2. The number of aromatic amines is 2. The minimum absolute atomic E-state index is 1.19. The normalized spacial score (nSPS) is 11.8. The monoisotopic (exact) mass is 206 g/mol. The molecule has 2 heteroatoms. The number of rotatable bonds is 0. The molecule has 0 bridgehead atoms. The van der Waals surface area contributed by atoms with Crippen LogP contribution in [0.5, 0.6) is 0 Å². The molecule has 0 amide bonds. The van der Waals surface area contributed by atoms with E-state index in [1.54, 1.807) is 0 Å². The molecule has 4 aromatic rings. The summed E-state index contributed by atoms with van der Waals surface area (Å²) in [6, 6.07) is 14.8. The molecule has 76 valence electrons. The fourth-order valence-electron chi connectivity index (χ4n) is 2.47. The molecule has 2 aromatic carbocycles. The van der Waals surface area contributed by atoms with Crippen molar-refractivity contribution < 1.29 is 0 Å². The number of nitrogens with one attached hydrogen (secondary N) is 2. The van der Waals surface area contributed by atoms with Crippen LogP contribution in [0.15, 0.2) is 48.7 Å². The molecule has 16 heavy (non-hydrogen) atoms. The number of para-hydroxylation sites is 1. The second kappa shape index (κ2) is 2.67. The molecule has 2 nitrogen and oxygen atoms in total. The first-order valence-corrected chi connectivity index (χ1v) is 5.40. The van der Waals surface area contributed by atoms with E-state index in [4.69, 9.17) is 0 Å². The van der Waals surface area contributed by atoms with Crippen LogP contribution in [-0.2, 0) is 0 Å². The molecule has 0 aliphatic heterocycles. The van der Waals surface area contributed by atoms with Gasteiger partial charge in [0.2, 0.25) is 0 Å². The Morgan fingerprint density at radius 1 is 0.812 bits per heavy atom. The third kappa shape index (κ3) is 0.865. The lowest BCUT2D eigenvalue weighted by atomic mass is 10.1. The summed E-state index contributed by atoms with van der Waals surface area (Å²) in [7, 11) is 0. The van der Waals surface area contributed by atoms with E-state index in [1.807, 2.05) is 6.20 Å². The maximum atomic E-state index is 3.44. The summed E-state index contributed by atoms with van der Waals surface area (Å²) >= 11 is 0. The van der Waals surface area contributed by atoms with Crippen LogP contribution in [0.1, 0.15) is 0 Å². The summed E-state index contributed by atoms with van der Waals surface area (Å²) in [6.45, 7) is 0. The van der Waals surface area contributed by atoms with Crippen molar-refractivity contribution in [3.05, 3.63) is 48.7 Å². The third-order valence-electron chi connectivity index (χ3n) is 3.19. The highest BCUT2D eigenvalue weighted by atomic mass is 14.7. The van der Waals surface area contributed by atoms with E-state index >= 15 is 0 Å². The van der Waals surface area contributed by atoms with E-state index in [2.05, 4.69) is 52.4 Å². The summed E-state index contributed by atoms with van der Waals surface area (Å²) < 4.78 is 0. The lowest BCUT2D eigenvalue weighted by molar-refractivity contribution is 1.49. The van der Waals surface area contributed by atoms with Crippen molar-refractivity contribution in [3.8, 4) is 0 Å². The molecule has 0 saturated heterocycles. The predicted molar refractivity (Wildman–Crippen MR) is 67.7 cm³/mol. The molecule has 0 aliphatic carbocycles. The first-order chi connectivity index (χ1) is 7.93. The number of aromatic nitrogens is 2. The highest BCUT2D eigenvalue weighted by molar-refractivity contribution is 6.18. The van der Waals surface area contributed by atoms with Gasteiger partial charge in [0.05, 0.1) is 5.52 Å². The Bertz CT molecular complexity index is 805. The fourth-order valence-corrected chi connectivity index (χ4v) is 2.47. The van der Waals surface area contributed by atoms with Crippen LogP contribution in [-0.4, -0.2) is 9.97 Å². The quantitative estimate of drug-likeness (QED) is 0.438. The first kappa shape index (κ1) is 7.99. The van der Waals surface area contributed by atoms with Crippen LogP contribution in [0, 0.1) is 0 Å². The van der Waals surface area contributed by atoms with Crippen molar-refractivity contribution in [1.82, 2.24) is 9.97 Å². The third-order valence-corrected chi connectivity index (χ3v) is 3.19. The smallest absolute Gasteiger partial charge is 0.0555 e. The lowest BCUT2D eigenvalue weighted by Gasteiger charge is -1.94. The van der Waals surface area contributed by atoms with Crippen LogP contribution >= 0.6 is 0 Å². The van der Waals surface area contributed by atoms with E-state index in [1.165, 1.54) is 32.7 Å². The summed E-state index contributed by atoms with van der Waals surface area (Å²) in [5.74, 6) is 0. The van der Waals surface area contributed by atoms with Gasteiger partial charge in [0, 0.05) is 33.4 Å². The van der Waals surface area contributed by atoms with Crippen LogP contribution in [0.4, 0.5) is 0 Å². The van der Waals surface area contributed by atoms with Gasteiger partial charge in [-0.3, -0.25) is 0 Å². The van der Waals surface area contributed by atoms with Crippen molar-refractivity contribution in [2.75, 3.05) is 0 Å². The van der Waals surface area contributed by atoms with Gasteiger partial charge < -0.3 is 9.97 Å². The summed E-state index contributed by atoms with van der Waals surface area (Å²) in [5, 5.41) is 3.83. The average molecular weight is 206 g/mol. The lowest BCUT2D eigenvalue weighted by Crippen LogP contribution is -1.71. The molecule has 0 radical (unpaired) electrons. The van der Waals surface area contributed by atoms with Gasteiger partial charge in [-0.05, 0) is 18.2 Å². The van der Waals surface area contributed by atoms with Gasteiger partial charge in [0.1, 0.15) is 0 Å². The van der Waals surface area contributed by atoms with Crippen molar-refractivity contribution in [3.63, 3.8) is 0 Å². The largest absolute Gasteiger partial charge is 0.361 e. The van der Waals surface area contributed by atoms with Crippen molar-refractivity contribution in [2.24, 2.45) is 0 Å². The predicted octanol–water partition coefficient (Wildman–Crippen LogP) is 3.80.